The fourth-order valence-corrected chi connectivity index (χ4v) is 2.48. The monoisotopic (exact) mass is 285 g/mol. The van der Waals surface area contributed by atoms with Gasteiger partial charge in [0.25, 0.3) is 0 Å². The number of alkyl halides is 1. The molecule has 3 nitrogen and oxygen atoms in total. The molecule has 1 aliphatic heterocycles. The molecule has 1 heterocycles. The zero-order chi connectivity index (χ0) is 11.5. The molecule has 1 aromatic carbocycles. The maximum Gasteiger partial charge on any atom is 0.106 e. The Hall–Kier alpha value is -0.420. The van der Waals surface area contributed by atoms with Gasteiger partial charge in [-0.1, -0.05) is 34.1 Å². The number of hydrogen-bond donors (Lipinski definition) is 3. The van der Waals surface area contributed by atoms with Crippen molar-refractivity contribution in [1.29, 1.82) is 0 Å². The van der Waals surface area contributed by atoms with Gasteiger partial charge in [0.05, 0.1) is 6.10 Å². The van der Waals surface area contributed by atoms with Crippen molar-refractivity contribution >= 4 is 15.9 Å². The second-order valence-corrected chi connectivity index (χ2v) is 4.73. The van der Waals surface area contributed by atoms with Gasteiger partial charge >= 0.3 is 0 Å². The predicted molar refractivity (Wildman–Crippen MR) is 66.6 cm³/mol. The third kappa shape index (κ3) is 2.30. The summed E-state index contributed by atoms with van der Waals surface area (Å²) in [6.45, 7) is 1.78. The third-order valence-corrected chi connectivity index (χ3v) is 3.68. The third-order valence-electron chi connectivity index (χ3n) is 3.02. The minimum atomic E-state index is -0.799. The van der Waals surface area contributed by atoms with Crippen LogP contribution in [-0.4, -0.2) is 28.2 Å². The maximum atomic E-state index is 10.0. The van der Waals surface area contributed by atoms with E-state index in [1.807, 2.05) is 12.1 Å². The fraction of sp³-hybridized carbons (Fsp3) is 0.500. The summed E-state index contributed by atoms with van der Waals surface area (Å²) >= 11 is 3.19. The second kappa shape index (κ2) is 5.27. The van der Waals surface area contributed by atoms with Crippen LogP contribution in [0.2, 0.25) is 0 Å². The van der Waals surface area contributed by atoms with Crippen LogP contribution in [0.1, 0.15) is 22.8 Å². The maximum absolute atomic E-state index is 10.0. The molecule has 16 heavy (non-hydrogen) atoms. The van der Waals surface area contributed by atoms with Gasteiger partial charge in [-0.25, -0.2) is 0 Å². The lowest BCUT2D eigenvalue weighted by Gasteiger charge is -2.24. The molecule has 2 rings (SSSR count). The molecular formula is C12H16BrNO2. The van der Waals surface area contributed by atoms with Crippen LogP contribution < -0.4 is 5.32 Å². The number of aliphatic hydroxyl groups is 2. The van der Waals surface area contributed by atoms with Gasteiger partial charge in [0.1, 0.15) is 6.10 Å². The Morgan fingerprint density at radius 2 is 2.19 bits per heavy atom. The van der Waals surface area contributed by atoms with E-state index in [4.69, 9.17) is 0 Å². The average molecular weight is 286 g/mol. The lowest BCUT2D eigenvalue weighted by molar-refractivity contribution is 0.0336. The summed E-state index contributed by atoms with van der Waals surface area (Å²) in [5, 5.41) is 23.4. The number of nitrogens with one attached hydrogen (secondary N) is 1. The normalized spacial score (nSPS) is 18.9. The number of aliphatic hydroxyl groups excluding tert-OH is 2. The van der Waals surface area contributed by atoms with Crippen LogP contribution in [0.5, 0.6) is 0 Å². The summed E-state index contributed by atoms with van der Waals surface area (Å²) in [4.78, 5) is 0. The van der Waals surface area contributed by atoms with Gasteiger partial charge in [0.2, 0.25) is 0 Å². The molecule has 0 bridgehead atoms. The van der Waals surface area contributed by atoms with Crippen molar-refractivity contribution < 1.29 is 10.2 Å². The summed E-state index contributed by atoms with van der Waals surface area (Å²) in [6, 6.07) is 5.91. The van der Waals surface area contributed by atoms with E-state index in [2.05, 4.69) is 27.3 Å². The fourth-order valence-electron chi connectivity index (χ4n) is 2.13. The molecule has 0 radical (unpaired) electrons. The Labute approximate surface area is 104 Å². The molecule has 0 amide bonds. The highest BCUT2D eigenvalue weighted by molar-refractivity contribution is 9.09. The molecule has 0 aromatic heterocycles. The largest absolute Gasteiger partial charge is 0.389 e. The van der Waals surface area contributed by atoms with Crippen LogP contribution in [0.25, 0.3) is 0 Å². The summed E-state index contributed by atoms with van der Waals surface area (Å²) in [5.41, 5.74) is 3.28. The highest BCUT2D eigenvalue weighted by Gasteiger charge is 2.22. The van der Waals surface area contributed by atoms with E-state index in [0.29, 0.717) is 5.33 Å². The first-order valence-corrected chi connectivity index (χ1v) is 6.59. The zero-order valence-electron chi connectivity index (χ0n) is 8.99. The van der Waals surface area contributed by atoms with Gasteiger partial charge in [0, 0.05) is 11.9 Å². The van der Waals surface area contributed by atoms with Crippen LogP contribution >= 0.6 is 15.9 Å². The molecule has 0 aliphatic carbocycles. The highest BCUT2D eigenvalue weighted by Crippen LogP contribution is 2.26. The lowest BCUT2D eigenvalue weighted by atomic mass is 9.91. The minimum absolute atomic E-state index is 0.385. The number of hydrogen-bond acceptors (Lipinski definition) is 3. The molecule has 1 aliphatic rings. The number of fused-ring (bicyclic) bond motifs is 1. The molecule has 0 spiro atoms. The Kier molecular flexibility index (Phi) is 3.97. The van der Waals surface area contributed by atoms with E-state index < -0.39 is 12.2 Å². The van der Waals surface area contributed by atoms with E-state index >= 15 is 0 Å². The molecule has 3 N–H and O–H groups in total. The van der Waals surface area contributed by atoms with E-state index in [-0.39, 0.29) is 0 Å². The van der Waals surface area contributed by atoms with E-state index in [0.717, 1.165) is 25.1 Å². The van der Waals surface area contributed by atoms with Crippen molar-refractivity contribution in [2.45, 2.75) is 25.2 Å². The second-order valence-electron chi connectivity index (χ2n) is 4.08. The van der Waals surface area contributed by atoms with Gasteiger partial charge in [-0.15, -0.1) is 0 Å². The molecule has 1 aromatic rings. The molecule has 0 saturated heterocycles. The van der Waals surface area contributed by atoms with Gasteiger partial charge in [0.15, 0.2) is 0 Å². The quantitative estimate of drug-likeness (QED) is 0.730. The van der Waals surface area contributed by atoms with Gasteiger partial charge in [-0.05, 0) is 29.7 Å². The Morgan fingerprint density at radius 3 is 2.94 bits per heavy atom. The Balaban J connectivity index is 2.33. The molecular weight excluding hydrogens is 270 g/mol. The zero-order valence-corrected chi connectivity index (χ0v) is 10.6. The van der Waals surface area contributed by atoms with Crippen molar-refractivity contribution in [1.82, 2.24) is 5.32 Å². The topological polar surface area (TPSA) is 52.5 Å². The summed E-state index contributed by atoms with van der Waals surface area (Å²) in [7, 11) is 0. The average Bonchev–Trinajstić information content (AvgIpc) is 2.36. The van der Waals surface area contributed by atoms with Crippen LogP contribution in [-0.2, 0) is 13.0 Å². The Morgan fingerprint density at radius 1 is 1.38 bits per heavy atom. The number of halogens is 1. The number of benzene rings is 1. The molecule has 0 saturated carbocycles. The molecule has 88 valence electrons. The standard InChI is InChI=1S/C12H16BrNO2/c13-6-11(15)12(16)10-3-1-2-8-7-14-5-4-9(8)10/h1-3,11-12,14-16H,4-7H2. The highest BCUT2D eigenvalue weighted by atomic mass is 79.9. The van der Waals surface area contributed by atoms with Crippen molar-refractivity contribution in [3.8, 4) is 0 Å². The van der Waals surface area contributed by atoms with E-state index in [9.17, 15) is 10.2 Å². The molecule has 0 fully saturated rings. The van der Waals surface area contributed by atoms with E-state index in [1.54, 1.807) is 0 Å². The van der Waals surface area contributed by atoms with Crippen molar-refractivity contribution in [3.05, 3.63) is 34.9 Å². The first kappa shape index (κ1) is 12.0. The van der Waals surface area contributed by atoms with Crippen LogP contribution in [0, 0.1) is 0 Å². The smallest absolute Gasteiger partial charge is 0.106 e. The summed E-state index contributed by atoms with van der Waals surface area (Å²) in [5.74, 6) is 0. The Bertz CT molecular complexity index is 370. The van der Waals surface area contributed by atoms with Gasteiger partial charge < -0.3 is 15.5 Å². The van der Waals surface area contributed by atoms with Crippen molar-refractivity contribution in [2.75, 3.05) is 11.9 Å². The first-order chi connectivity index (χ1) is 7.74. The van der Waals surface area contributed by atoms with Crippen LogP contribution in [0.15, 0.2) is 18.2 Å². The van der Waals surface area contributed by atoms with Crippen LogP contribution in [0.3, 0.4) is 0 Å². The summed E-state index contributed by atoms with van der Waals surface area (Å²) < 4.78 is 0. The van der Waals surface area contributed by atoms with Crippen molar-refractivity contribution in [3.63, 3.8) is 0 Å². The number of rotatable bonds is 3. The predicted octanol–water partition coefficient (Wildman–Crippen LogP) is 1.12. The lowest BCUT2D eigenvalue weighted by Crippen LogP contribution is -2.27. The SMILES string of the molecule is OC(CBr)C(O)c1cccc2c1CCNC2. The van der Waals surface area contributed by atoms with Crippen molar-refractivity contribution in [2.24, 2.45) is 0 Å². The summed E-state index contributed by atoms with van der Waals surface area (Å²) in [6.07, 6.45) is -0.633. The van der Waals surface area contributed by atoms with Gasteiger partial charge in [-0.2, -0.15) is 0 Å². The van der Waals surface area contributed by atoms with E-state index in [1.165, 1.54) is 11.1 Å². The molecule has 2 unspecified atom stereocenters. The minimum Gasteiger partial charge on any atom is -0.389 e. The first-order valence-electron chi connectivity index (χ1n) is 5.47. The molecule has 2 atom stereocenters. The molecule has 4 heteroatoms. The van der Waals surface area contributed by atoms with Crippen LogP contribution in [0.4, 0.5) is 0 Å². The van der Waals surface area contributed by atoms with Gasteiger partial charge in [-0.3, -0.25) is 0 Å².